The molecular formula is C26H20FN3OS3. The third-order valence-corrected chi connectivity index (χ3v) is 8.33. The molecule has 3 aromatic carbocycles. The van der Waals surface area contributed by atoms with E-state index in [9.17, 15) is 9.18 Å². The largest absolute Gasteiger partial charge is 0.326 e. The number of fused-ring (bicyclic) bond motifs is 1. The molecule has 4 nitrogen and oxygen atoms in total. The number of nitrogens with zero attached hydrogens (tertiary/aromatic N) is 2. The Morgan fingerprint density at radius 3 is 2.71 bits per heavy atom. The Labute approximate surface area is 208 Å². The average Bonchev–Trinajstić information content (AvgIpc) is 3.45. The van der Waals surface area contributed by atoms with E-state index in [2.05, 4.69) is 29.4 Å². The molecule has 0 saturated carbocycles. The maximum atomic E-state index is 13.8. The number of benzene rings is 3. The van der Waals surface area contributed by atoms with Crippen LogP contribution >= 0.6 is 34.4 Å². The van der Waals surface area contributed by atoms with E-state index in [4.69, 9.17) is 4.98 Å². The summed E-state index contributed by atoms with van der Waals surface area (Å²) in [6, 6.07) is 20.7. The SMILES string of the molecule is Cc1ccc2nc(-c3ccc(NC(=O)Cc4csc(SCc5ccccc5F)n4)cc3)sc2c1. The van der Waals surface area contributed by atoms with Gasteiger partial charge in [0.05, 0.1) is 22.3 Å². The van der Waals surface area contributed by atoms with Crippen LogP contribution in [0.1, 0.15) is 16.8 Å². The number of aryl methyl sites for hydroxylation is 1. The van der Waals surface area contributed by atoms with Crippen molar-refractivity contribution >= 4 is 56.2 Å². The van der Waals surface area contributed by atoms with E-state index in [0.29, 0.717) is 17.0 Å². The number of anilines is 1. The van der Waals surface area contributed by atoms with Crippen molar-refractivity contribution in [3.63, 3.8) is 0 Å². The standard InChI is InChI=1S/C26H20FN3OS3/c1-16-6-11-22-23(12-16)34-25(30-22)17-7-9-19(10-8-17)28-24(31)13-20-15-33-26(29-20)32-14-18-4-2-3-5-21(18)27/h2-12,15H,13-14H2,1H3,(H,28,31). The predicted molar refractivity (Wildman–Crippen MR) is 140 cm³/mol. The first-order valence-corrected chi connectivity index (χ1v) is 13.3. The molecule has 0 bridgehead atoms. The Bertz CT molecular complexity index is 1460. The van der Waals surface area contributed by atoms with Gasteiger partial charge in [-0.25, -0.2) is 14.4 Å². The smallest absolute Gasteiger partial charge is 0.230 e. The topological polar surface area (TPSA) is 54.9 Å². The molecule has 0 aliphatic rings. The van der Waals surface area contributed by atoms with Crippen LogP contribution in [0, 0.1) is 12.7 Å². The van der Waals surface area contributed by atoms with Crippen LogP contribution in [-0.4, -0.2) is 15.9 Å². The van der Waals surface area contributed by atoms with Gasteiger partial charge >= 0.3 is 0 Å². The van der Waals surface area contributed by atoms with Crippen molar-refractivity contribution in [2.75, 3.05) is 5.32 Å². The fourth-order valence-electron chi connectivity index (χ4n) is 3.41. The van der Waals surface area contributed by atoms with Crippen molar-refractivity contribution in [1.29, 1.82) is 0 Å². The van der Waals surface area contributed by atoms with Gasteiger partial charge in [0, 0.05) is 22.4 Å². The lowest BCUT2D eigenvalue weighted by molar-refractivity contribution is -0.115. The Balaban J connectivity index is 1.17. The number of hydrogen-bond donors (Lipinski definition) is 1. The molecule has 0 spiro atoms. The second-order valence-corrected chi connectivity index (χ2v) is 10.9. The van der Waals surface area contributed by atoms with Gasteiger partial charge in [0.25, 0.3) is 0 Å². The zero-order valence-electron chi connectivity index (χ0n) is 18.2. The van der Waals surface area contributed by atoms with E-state index >= 15 is 0 Å². The molecule has 1 amide bonds. The highest BCUT2D eigenvalue weighted by molar-refractivity contribution is 8.00. The number of carbonyl (C=O) groups excluding carboxylic acids is 1. The molecule has 5 aromatic rings. The summed E-state index contributed by atoms with van der Waals surface area (Å²) in [5.41, 5.74) is 5.32. The maximum absolute atomic E-state index is 13.8. The lowest BCUT2D eigenvalue weighted by Crippen LogP contribution is -2.14. The van der Waals surface area contributed by atoms with Crippen LogP contribution in [0.2, 0.25) is 0 Å². The van der Waals surface area contributed by atoms with E-state index in [-0.39, 0.29) is 18.1 Å². The van der Waals surface area contributed by atoms with Gasteiger partial charge < -0.3 is 5.32 Å². The lowest BCUT2D eigenvalue weighted by Gasteiger charge is -2.05. The van der Waals surface area contributed by atoms with Gasteiger partial charge in [-0.1, -0.05) is 36.0 Å². The highest BCUT2D eigenvalue weighted by Gasteiger charge is 2.11. The number of amides is 1. The first-order valence-electron chi connectivity index (χ1n) is 10.6. The average molecular weight is 506 g/mol. The molecule has 5 rings (SSSR count). The molecule has 8 heteroatoms. The number of thioether (sulfide) groups is 1. The minimum Gasteiger partial charge on any atom is -0.326 e. The Kier molecular flexibility index (Phi) is 6.71. The fourth-order valence-corrected chi connectivity index (χ4v) is 6.31. The second kappa shape index (κ2) is 10.0. The molecule has 0 aliphatic heterocycles. The number of thiazole rings is 2. The zero-order valence-corrected chi connectivity index (χ0v) is 20.7. The van der Waals surface area contributed by atoms with Crippen LogP contribution in [0.3, 0.4) is 0 Å². The molecule has 2 aromatic heterocycles. The third-order valence-electron chi connectivity index (χ3n) is 5.14. The summed E-state index contributed by atoms with van der Waals surface area (Å²) in [5.74, 6) is 0.168. The van der Waals surface area contributed by atoms with Crippen LogP contribution in [0.4, 0.5) is 10.1 Å². The van der Waals surface area contributed by atoms with Crippen molar-refractivity contribution in [1.82, 2.24) is 9.97 Å². The Morgan fingerprint density at radius 1 is 1.06 bits per heavy atom. The Hall–Kier alpha value is -3.07. The van der Waals surface area contributed by atoms with Crippen LogP contribution in [-0.2, 0) is 17.0 Å². The third kappa shape index (κ3) is 5.35. The Morgan fingerprint density at radius 2 is 1.88 bits per heavy atom. The first-order chi connectivity index (χ1) is 16.5. The summed E-state index contributed by atoms with van der Waals surface area (Å²) in [7, 11) is 0. The summed E-state index contributed by atoms with van der Waals surface area (Å²) >= 11 is 4.60. The lowest BCUT2D eigenvalue weighted by atomic mass is 10.2. The molecule has 0 unspecified atom stereocenters. The summed E-state index contributed by atoms with van der Waals surface area (Å²) < 4.78 is 15.8. The summed E-state index contributed by atoms with van der Waals surface area (Å²) in [6.45, 7) is 2.08. The van der Waals surface area contributed by atoms with Crippen molar-refractivity contribution in [3.8, 4) is 10.6 Å². The molecule has 0 fully saturated rings. The number of aromatic nitrogens is 2. The normalized spacial score (nSPS) is 11.1. The molecule has 0 aliphatic carbocycles. The van der Waals surface area contributed by atoms with Crippen LogP contribution in [0.15, 0.2) is 76.4 Å². The molecule has 0 saturated heterocycles. The van der Waals surface area contributed by atoms with Gasteiger partial charge in [-0.15, -0.1) is 22.7 Å². The predicted octanol–water partition coefficient (Wildman–Crippen LogP) is 7.34. The van der Waals surface area contributed by atoms with Crippen molar-refractivity contribution in [3.05, 3.63) is 94.7 Å². The monoisotopic (exact) mass is 505 g/mol. The van der Waals surface area contributed by atoms with Gasteiger partial charge in [-0.3, -0.25) is 4.79 Å². The van der Waals surface area contributed by atoms with E-state index < -0.39 is 0 Å². The van der Waals surface area contributed by atoms with Gasteiger partial charge in [0.1, 0.15) is 15.2 Å². The van der Waals surface area contributed by atoms with Gasteiger partial charge in [0.15, 0.2) is 0 Å². The number of rotatable bonds is 7. The van der Waals surface area contributed by atoms with Gasteiger partial charge in [-0.2, -0.15) is 0 Å². The zero-order chi connectivity index (χ0) is 23.5. The summed E-state index contributed by atoms with van der Waals surface area (Å²) in [6.07, 6.45) is 0.190. The highest BCUT2D eigenvalue weighted by atomic mass is 32.2. The van der Waals surface area contributed by atoms with Crippen LogP contribution in [0.25, 0.3) is 20.8 Å². The number of halogens is 1. The second-order valence-electron chi connectivity index (χ2n) is 7.78. The van der Waals surface area contributed by atoms with Gasteiger partial charge in [0.2, 0.25) is 5.91 Å². The van der Waals surface area contributed by atoms with E-state index in [1.165, 1.54) is 39.4 Å². The number of carbonyl (C=O) groups is 1. The first kappa shape index (κ1) is 22.7. The minimum absolute atomic E-state index is 0.126. The van der Waals surface area contributed by atoms with Crippen molar-refractivity contribution in [2.24, 2.45) is 0 Å². The van der Waals surface area contributed by atoms with E-state index in [1.807, 2.05) is 41.8 Å². The van der Waals surface area contributed by atoms with E-state index in [1.54, 1.807) is 23.5 Å². The molecule has 0 radical (unpaired) electrons. The van der Waals surface area contributed by atoms with E-state index in [0.717, 1.165) is 26.1 Å². The maximum Gasteiger partial charge on any atom is 0.230 e. The minimum atomic E-state index is -0.213. The molecule has 2 heterocycles. The summed E-state index contributed by atoms with van der Waals surface area (Å²) in [4.78, 5) is 21.7. The molecular weight excluding hydrogens is 486 g/mol. The molecule has 170 valence electrons. The highest BCUT2D eigenvalue weighted by Crippen LogP contribution is 2.31. The van der Waals surface area contributed by atoms with Crippen LogP contribution < -0.4 is 5.32 Å². The van der Waals surface area contributed by atoms with Crippen molar-refractivity contribution in [2.45, 2.75) is 23.4 Å². The fraction of sp³-hybridized carbons (Fsp3) is 0.115. The van der Waals surface area contributed by atoms with Crippen molar-refractivity contribution < 1.29 is 9.18 Å². The number of nitrogens with one attached hydrogen (secondary N) is 1. The molecule has 34 heavy (non-hydrogen) atoms. The quantitative estimate of drug-likeness (QED) is 0.235. The molecule has 1 N–H and O–H groups in total. The molecule has 0 atom stereocenters. The van der Waals surface area contributed by atoms with Gasteiger partial charge in [-0.05, 0) is 60.5 Å². The number of hydrogen-bond acceptors (Lipinski definition) is 6. The van der Waals surface area contributed by atoms with Crippen LogP contribution in [0.5, 0.6) is 0 Å². The summed E-state index contributed by atoms with van der Waals surface area (Å²) in [5, 5.41) is 5.77.